The molecule has 3 nitrogen and oxygen atoms in total. The molecule has 3 aromatic carbocycles. The lowest BCUT2D eigenvalue weighted by molar-refractivity contribution is 0.0995. The lowest BCUT2D eigenvalue weighted by Gasteiger charge is -2.14. The molecule has 5 heteroatoms. The Morgan fingerprint density at radius 2 is 1.59 bits per heavy atom. The Hall–Kier alpha value is -2.62. The van der Waals surface area contributed by atoms with E-state index < -0.39 is 0 Å². The van der Waals surface area contributed by atoms with Gasteiger partial charge >= 0.3 is 0 Å². The summed E-state index contributed by atoms with van der Waals surface area (Å²) in [5.41, 5.74) is 4.36. The molecule has 0 radical (unpaired) electrons. The van der Waals surface area contributed by atoms with Gasteiger partial charge < -0.3 is 5.32 Å². The monoisotopic (exact) mass is 395 g/mol. The number of carbonyl (C=O) groups excluding carboxylic acids is 2. The van der Waals surface area contributed by atoms with Crippen LogP contribution in [-0.2, 0) is 6.42 Å². The van der Waals surface area contributed by atoms with Gasteiger partial charge in [-0.2, -0.15) is 0 Å². The maximum Gasteiger partial charge on any atom is 0.255 e. The molecule has 0 fully saturated rings. The van der Waals surface area contributed by atoms with Crippen LogP contribution in [0.4, 0.5) is 5.69 Å². The minimum atomic E-state index is -0.240. The van der Waals surface area contributed by atoms with E-state index in [1.165, 1.54) is 0 Å². The summed E-state index contributed by atoms with van der Waals surface area (Å²) in [7, 11) is 0. The van der Waals surface area contributed by atoms with Gasteiger partial charge in [-0.15, -0.1) is 0 Å². The van der Waals surface area contributed by atoms with E-state index in [0.717, 1.165) is 16.7 Å². The van der Waals surface area contributed by atoms with Gasteiger partial charge in [0.15, 0.2) is 5.78 Å². The maximum absolute atomic E-state index is 12.5. The van der Waals surface area contributed by atoms with Gasteiger partial charge in [0.05, 0.1) is 5.69 Å². The normalized spacial score (nSPS) is 12.7. The molecule has 0 saturated heterocycles. The number of amides is 1. The van der Waals surface area contributed by atoms with Gasteiger partial charge in [0.1, 0.15) is 0 Å². The number of fused-ring (bicyclic) bond motifs is 1. The standard InChI is InChI=1S/C22H15Cl2NO2/c23-15-10-14(11-16(24)12-15)17-6-8-19(21-18(17)7-9-20(21)26)25-22(27)13-4-2-1-3-5-13/h1-6,8,10-12H,7,9H2,(H,25,27). The van der Waals surface area contributed by atoms with E-state index in [9.17, 15) is 9.59 Å². The van der Waals surface area contributed by atoms with Crippen LogP contribution >= 0.6 is 23.2 Å². The Morgan fingerprint density at radius 3 is 2.30 bits per heavy atom. The van der Waals surface area contributed by atoms with Crippen molar-refractivity contribution in [2.45, 2.75) is 12.8 Å². The number of carbonyl (C=O) groups is 2. The van der Waals surface area contributed by atoms with Crippen molar-refractivity contribution in [3.8, 4) is 11.1 Å². The summed E-state index contributed by atoms with van der Waals surface area (Å²) in [6.45, 7) is 0. The Labute approximate surface area is 166 Å². The Balaban J connectivity index is 1.77. The van der Waals surface area contributed by atoms with Gasteiger partial charge in [-0.3, -0.25) is 9.59 Å². The second kappa shape index (κ2) is 7.18. The first kappa shape index (κ1) is 17.8. The molecule has 0 spiro atoms. The van der Waals surface area contributed by atoms with Crippen LogP contribution in [0.15, 0.2) is 60.7 Å². The van der Waals surface area contributed by atoms with Crippen LogP contribution in [0.2, 0.25) is 10.0 Å². The van der Waals surface area contributed by atoms with E-state index in [-0.39, 0.29) is 11.7 Å². The number of ketones is 1. The fourth-order valence-electron chi connectivity index (χ4n) is 3.46. The minimum Gasteiger partial charge on any atom is -0.321 e. The summed E-state index contributed by atoms with van der Waals surface area (Å²) < 4.78 is 0. The molecule has 4 rings (SSSR count). The van der Waals surface area contributed by atoms with Crippen LogP contribution in [0.25, 0.3) is 11.1 Å². The van der Waals surface area contributed by atoms with E-state index in [4.69, 9.17) is 23.2 Å². The molecule has 134 valence electrons. The number of benzene rings is 3. The van der Waals surface area contributed by atoms with E-state index in [0.29, 0.717) is 39.7 Å². The third-order valence-corrected chi connectivity index (χ3v) is 5.09. The van der Waals surface area contributed by atoms with Gasteiger partial charge in [0.25, 0.3) is 5.91 Å². The molecule has 1 N–H and O–H groups in total. The Bertz CT molecular complexity index is 1040. The van der Waals surface area contributed by atoms with Crippen molar-refractivity contribution in [3.63, 3.8) is 0 Å². The van der Waals surface area contributed by atoms with Crippen LogP contribution < -0.4 is 5.32 Å². The van der Waals surface area contributed by atoms with Crippen molar-refractivity contribution in [1.29, 1.82) is 0 Å². The molecule has 1 amide bonds. The maximum atomic E-state index is 12.5. The first-order valence-electron chi connectivity index (χ1n) is 8.55. The fourth-order valence-corrected chi connectivity index (χ4v) is 3.98. The van der Waals surface area contributed by atoms with Crippen molar-refractivity contribution in [3.05, 3.63) is 87.4 Å². The van der Waals surface area contributed by atoms with Crippen molar-refractivity contribution >= 4 is 40.6 Å². The van der Waals surface area contributed by atoms with Crippen LogP contribution in [0.3, 0.4) is 0 Å². The summed E-state index contributed by atoms with van der Waals surface area (Å²) >= 11 is 12.3. The van der Waals surface area contributed by atoms with Crippen molar-refractivity contribution in [1.82, 2.24) is 0 Å². The largest absolute Gasteiger partial charge is 0.321 e. The average molecular weight is 396 g/mol. The summed E-state index contributed by atoms with van der Waals surface area (Å²) in [6, 6.07) is 17.9. The SMILES string of the molecule is O=C(Nc1ccc(-c2cc(Cl)cc(Cl)c2)c2c1C(=O)CC2)c1ccccc1. The molecule has 0 saturated carbocycles. The van der Waals surface area contributed by atoms with Crippen LogP contribution in [0.1, 0.15) is 32.7 Å². The quantitative estimate of drug-likeness (QED) is 0.587. The molecule has 0 heterocycles. The van der Waals surface area contributed by atoms with Gasteiger partial charge in [-0.05, 0) is 59.5 Å². The highest BCUT2D eigenvalue weighted by molar-refractivity contribution is 6.35. The molecular formula is C22H15Cl2NO2. The molecule has 27 heavy (non-hydrogen) atoms. The zero-order valence-electron chi connectivity index (χ0n) is 14.3. The number of Topliss-reactive ketones (excluding diaryl/α,β-unsaturated/α-hetero) is 1. The molecule has 1 aliphatic rings. The first-order chi connectivity index (χ1) is 13.0. The van der Waals surface area contributed by atoms with Crippen LogP contribution in [-0.4, -0.2) is 11.7 Å². The molecule has 3 aromatic rings. The third-order valence-electron chi connectivity index (χ3n) is 4.65. The van der Waals surface area contributed by atoms with E-state index in [2.05, 4.69) is 5.32 Å². The lowest BCUT2D eigenvalue weighted by Crippen LogP contribution is -2.14. The minimum absolute atomic E-state index is 0.0309. The summed E-state index contributed by atoms with van der Waals surface area (Å²) in [4.78, 5) is 25.0. The second-order valence-electron chi connectivity index (χ2n) is 6.42. The molecule has 1 aliphatic carbocycles. The predicted molar refractivity (Wildman–Crippen MR) is 109 cm³/mol. The zero-order valence-corrected chi connectivity index (χ0v) is 15.8. The number of nitrogens with one attached hydrogen (secondary N) is 1. The van der Waals surface area contributed by atoms with Gasteiger partial charge in [-0.25, -0.2) is 0 Å². The van der Waals surface area contributed by atoms with Crippen molar-refractivity contribution in [2.24, 2.45) is 0 Å². The topological polar surface area (TPSA) is 46.2 Å². The van der Waals surface area contributed by atoms with E-state index >= 15 is 0 Å². The van der Waals surface area contributed by atoms with Crippen LogP contribution in [0.5, 0.6) is 0 Å². The number of anilines is 1. The molecule has 0 aliphatic heterocycles. The Morgan fingerprint density at radius 1 is 0.889 bits per heavy atom. The Kier molecular flexibility index (Phi) is 4.73. The first-order valence-corrected chi connectivity index (χ1v) is 9.30. The number of hydrogen-bond donors (Lipinski definition) is 1. The number of hydrogen-bond acceptors (Lipinski definition) is 2. The lowest BCUT2D eigenvalue weighted by atomic mass is 9.95. The smallest absolute Gasteiger partial charge is 0.255 e. The summed E-state index contributed by atoms with van der Waals surface area (Å²) in [5.74, 6) is -0.209. The van der Waals surface area contributed by atoms with Crippen LogP contribution in [0, 0.1) is 0 Å². The molecule has 0 aromatic heterocycles. The summed E-state index contributed by atoms with van der Waals surface area (Å²) in [6.07, 6.45) is 1.05. The average Bonchev–Trinajstić information content (AvgIpc) is 3.04. The van der Waals surface area contributed by atoms with Gasteiger partial charge in [-0.1, -0.05) is 47.5 Å². The van der Waals surface area contributed by atoms with Gasteiger partial charge in [0.2, 0.25) is 0 Å². The number of halogens is 2. The summed E-state index contributed by atoms with van der Waals surface area (Å²) in [5, 5.41) is 3.96. The van der Waals surface area contributed by atoms with E-state index in [1.807, 2.05) is 24.3 Å². The predicted octanol–water partition coefficient (Wildman–Crippen LogP) is 6.04. The second-order valence-corrected chi connectivity index (χ2v) is 7.29. The molecule has 0 unspecified atom stereocenters. The molecular weight excluding hydrogens is 381 g/mol. The highest BCUT2D eigenvalue weighted by Gasteiger charge is 2.27. The third kappa shape index (κ3) is 3.48. The fraction of sp³-hybridized carbons (Fsp3) is 0.0909. The van der Waals surface area contributed by atoms with Gasteiger partial charge in [0, 0.05) is 27.6 Å². The van der Waals surface area contributed by atoms with Crippen molar-refractivity contribution < 1.29 is 9.59 Å². The highest BCUT2D eigenvalue weighted by Crippen LogP contribution is 2.38. The van der Waals surface area contributed by atoms with Crippen molar-refractivity contribution in [2.75, 3.05) is 5.32 Å². The zero-order chi connectivity index (χ0) is 19.0. The van der Waals surface area contributed by atoms with E-state index in [1.54, 1.807) is 36.4 Å². The highest BCUT2D eigenvalue weighted by atomic mass is 35.5. The number of rotatable bonds is 3. The molecule has 0 bridgehead atoms. The molecule has 0 atom stereocenters.